The number of aromatic nitrogens is 2. The predicted octanol–water partition coefficient (Wildman–Crippen LogP) is 2.87. The van der Waals surface area contributed by atoms with E-state index in [1.165, 1.54) is 18.4 Å². The largest absolute Gasteiger partial charge is 0.328 e. The maximum atomic E-state index is 5.75. The Hall–Kier alpha value is -1.39. The lowest BCUT2D eigenvalue weighted by molar-refractivity contribution is 0.349. The fourth-order valence-corrected chi connectivity index (χ4v) is 2.91. The van der Waals surface area contributed by atoms with Crippen LogP contribution < -0.4 is 11.3 Å². The third kappa shape index (κ3) is 3.02. The number of rotatable bonds is 7. The van der Waals surface area contributed by atoms with E-state index in [2.05, 4.69) is 49.0 Å². The Bertz CT molecular complexity index is 546. The number of benzene rings is 1. The molecule has 0 saturated heterocycles. The first-order valence-electron chi connectivity index (χ1n) is 7.61. The van der Waals surface area contributed by atoms with E-state index >= 15 is 0 Å². The average molecular weight is 274 g/mol. The van der Waals surface area contributed by atoms with Crippen LogP contribution in [0.2, 0.25) is 0 Å². The molecule has 0 aliphatic carbocycles. The Kier molecular flexibility index (Phi) is 5.15. The Morgan fingerprint density at radius 1 is 1.30 bits per heavy atom. The Morgan fingerprint density at radius 2 is 2.05 bits per heavy atom. The summed E-state index contributed by atoms with van der Waals surface area (Å²) >= 11 is 0. The number of hydrogen-bond donors (Lipinski definition) is 2. The Morgan fingerprint density at radius 3 is 2.70 bits per heavy atom. The molecule has 0 spiro atoms. The molecule has 1 aromatic heterocycles. The lowest BCUT2D eigenvalue weighted by Crippen LogP contribution is -2.42. The molecule has 0 aliphatic heterocycles. The summed E-state index contributed by atoms with van der Waals surface area (Å²) in [7, 11) is 0. The van der Waals surface area contributed by atoms with Crippen LogP contribution in [0, 0.1) is 5.92 Å². The zero-order valence-electron chi connectivity index (χ0n) is 12.8. The first-order valence-corrected chi connectivity index (χ1v) is 7.61. The number of nitrogens with one attached hydrogen (secondary N) is 1. The molecular formula is C16H26N4. The molecule has 0 amide bonds. The highest BCUT2D eigenvalue weighted by Crippen LogP contribution is 2.20. The lowest BCUT2D eigenvalue weighted by Gasteiger charge is -2.22. The molecule has 4 nitrogen and oxygen atoms in total. The average Bonchev–Trinajstić information content (AvgIpc) is 2.82. The summed E-state index contributed by atoms with van der Waals surface area (Å²) in [6.07, 6.45) is 3.24. The van der Waals surface area contributed by atoms with Gasteiger partial charge in [-0.05, 0) is 31.4 Å². The van der Waals surface area contributed by atoms with Crippen LogP contribution in [0.4, 0.5) is 0 Å². The van der Waals surface area contributed by atoms with Crippen LogP contribution in [0.1, 0.15) is 39.4 Å². The predicted molar refractivity (Wildman–Crippen MR) is 84.3 cm³/mol. The quantitative estimate of drug-likeness (QED) is 0.603. The molecule has 2 unspecified atom stereocenters. The molecule has 1 heterocycles. The van der Waals surface area contributed by atoms with Crippen molar-refractivity contribution < 1.29 is 0 Å². The number of aryl methyl sites for hydroxylation is 1. The lowest BCUT2D eigenvalue weighted by atomic mass is 9.94. The van der Waals surface area contributed by atoms with Gasteiger partial charge < -0.3 is 4.57 Å². The standard InChI is InChI=1S/C16H26N4/c1-4-8-12(3)14(19-17)11-16-18-13-9-6-7-10-15(13)20(16)5-2/h6-7,9-10,12,14,19H,4-5,8,11,17H2,1-3H3. The van der Waals surface area contributed by atoms with E-state index in [-0.39, 0.29) is 6.04 Å². The third-order valence-electron chi connectivity index (χ3n) is 4.10. The summed E-state index contributed by atoms with van der Waals surface area (Å²) in [5, 5.41) is 0. The number of hydrazine groups is 1. The molecule has 0 fully saturated rings. The van der Waals surface area contributed by atoms with Crippen molar-refractivity contribution in [3.05, 3.63) is 30.1 Å². The van der Waals surface area contributed by atoms with Crippen molar-refractivity contribution >= 4 is 11.0 Å². The summed E-state index contributed by atoms with van der Waals surface area (Å²) in [4.78, 5) is 4.78. The second-order valence-electron chi connectivity index (χ2n) is 5.50. The highest BCUT2D eigenvalue weighted by atomic mass is 15.2. The van der Waals surface area contributed by atoms with E-state index < -0.39 is 0 Å². The monoisotopic (exact) mass is 274 g/mol. The minimum absolute atomic E-state index is 0.275. The van der Waals surface area contributed by atoms with Crippen molar-refractivity contribution in [2.24, 2.45) is 11.8 Å². The van der Waals surface area contributed by atoms with Gasteiger partial charge in [0.1, 0.15) is 5.82 Å². The number of fused-ring (bicyclic) bond motifs is 1. The van der Waals surface area contributed by atoms with Crippen molar-refractivity contribution in [2.75, 3.05) is 0 Å². The molecule has 0 radical (unpaired) electrons. The van der Waals surface area contributed by atoms with E-state index in [1.807, 2.05) is 6.07 Å². The Labute approximate surface area is 121 Å². The SMILES string of the molecule is CCCC(C)C(Cc1nc2ccccc2n1CC)NN. The number of nitrogens with two attached hydrogens (primary N) is 1. The summed E-state index contributed by atoms with van der Waals surface area (Å²) in [5.74, 6) is 7.43. The molecule has 2 aromatic rings. The molecule has 1 aromatic carbocycles. The first kappa shape index (κ1) is 15.0. The molecule has 20 heavy (non-hydrogen) atoms. The van der Waals surface area contributed by atoms with E-state index in [1.54, 1.807) is 0 Å². The van der Waals surface area contributed by atoms with Crippen LogP contribution in [0.3, 0.4) is 0 Å². The van der Waals surface area contributed by atoms with Gasteiger partial charge in [-0.1, -0.05) is 32.4 Å². The smallest absolute Gasteiger partial charge is 0.111 e. The normalized spacial score (nSPS) is 14.6. The summed E-state index contributed by atoms with van der Waals surface area (Å²) in [6.45, 7) is 7.57. The number of hydrogen-bond acceptors (Lipinski definition) is 3. The van der Waals surface area contributed by atoms with Crippen molar-refractivity contribution in [1.29, 1.82) is 0 Å². The molecule has 0 bridgehead atoms. The molecule has 0 saturated carbocycles. The molecule has 2 rings (SSSR count). The highest BCUT2D eigenvalue weighted by Gasteiger charge is 2.19. The number of imidazole rings is 1. The zero-order chi connectivity index (χ0) is 14.5. The van der Waals surface area contributed by atoms with Crippen LogP contribution in [-0.2, 0) is 13.0 Å². The molecule has 3 N–H and O–H groups in total. The minimum Gasteiger partial charge on any atom is -0.328 e. The van der Waals surface area contributed by atoms with Crippen LogP contribution in [0.15, 0.2) is 24.3 Å². The van der Waals surface area contributed by atoms with Crippen molar-refractivity contribution in [3.8, 4) is 0 Å². The van der Waals surface area contributed by atoms with Crippen LogP contribution in [-0.4, -0.2) is 15.6 Å². The minimum atomic E-state index is 0.275. The Balaban J connectivity index is 2.27. The van der Waals surface area contributed by atoms with Crippen LogP contribution >= 0.6 is 0 Å². The van der Waals surface area contributed by atoms with Gasteiger partial charge in [0.25, 0.3) is 0 Å². The number of nitrogens with zero attached hydrogens (tertiary/aromatic N) is 2. The molecule has 4 heteroatoms. The molecular weight excluding hydrogens is 248 g/mol. The van der Waals surface area contributed by atoms with Crippen LogP contribution in [0.25, 0.3) is 11.0 Å². The van der Waals surface area contributed by atoms with Gasteiger partial charge in [0.15, 0.2) is 0 Å². The van der Waals surface area contributed by atoms with Gasteiger partial charge in [-0.3, -0.25) is 11.3 Å². The van der Waals surface area contributed by atoms with Gasteiger partial charge >= 0.3 is 0 Å². The first-order chi connectivity index (χ1) is 9.71. The van der Waals surface area contributed by atoms with Gasteiger partial charge in [0.2, 0.25) is 0 Å². The summed E-state index contributed by atoms with van der Waals surface area (Å²) in [5.41, 5.74) is 5.26. The summed E-state index contributed by atoms with van der Waals surface area (Å²) in [6, 6.07) is 8.59. The van der Waals surface area contributed by atoms with Gasteiger partial charge in [-0.2, -0.15) is 0 Å². The van der Waals surface area contributed by atoms with Gasteiger partial charge in [0.05, 0.1) is 11.0 Å². The van der Waals surface area contributed by atoms with E-state index in [0.29, 0.717) is 5.92 Å². The maximum Gasteiger partial charge on any atom is 0.111 e. The zero-order valence-corrected chi connectivity index (χ0v) is 12.8. The fraction of sp³-hybridized carbons (Fsp3) is 0.562. The van der Waals surface area contributed by atoms with Gasteiger partial charge in [0, 0.05) is 19.0 Å². The van der Waals surface area contributed by atoms with Crippen molar-refractivity contribution in [2.45, 2.75) is 52.6 Å². The van der Waals surface area contributed by atoms with E-state index in [0.717, 1.165) is 24.3 Å². The fourth-order valence-electron chi connectivity index (χ4n) is 2.91. The van der Waals surface area contributed by atoms with Crippen molar-refractivity contribution in [3.63, 3.8) is 0 Å². The second-order valence-corrected chi connectivity index (χ2v) is 5.50. The van der Waals surface area contributed by atoms with Gasteiger partial charge in [-0.15, -0.1) is 0 Å². The number of para-hydroxylation sites is 2. The van der Waals surface area contributed by atoms with Crippen LogP contribution in [0.5, 0.6) is 0 Å². The van der Waals surface area contributed by atoms with Gasteiger partial charge in [-0.25, -0.2) is 4.98 Å². The van der Waals surface area contributed by atoms with E-state index in [9.17, 15) is 0 Å². The van der Waals surface area contributed by atoms with Crippen molar-refractivity contribution in [1.82, 2.24) is 15.0 Å². The summed E-state index contributed by atoms with van der Waals surface area (Å²) < 4.78 is 2.29. The third-order valence-corrected chi connectivity index (χ3v) is 4.10. The molecule has 110 valence electrons. The maximum absolute atomic E-state index is 5.75. The highest BCUT2D eigenvalue weighted by molar-refractivity contribution is 5.75. The molecule has 0 aliphatic rings. The topological polar surface area (TPSA) is 55.9 Å². The molecule has 2 atom stereocenters. The van der Waals surface area contributed by atoms with E-state index in [4.69, 9.17) is 10.8 Å². The second kappa shape index (κ2) is 6.86.